The van der Waals surface area contributed by atoms with Crippen molar-refractivity contribution >= 4 is 11.8 Å². The lowest BCUT2D eigenvalue weighted by molar-refractivity contribution is -0.132. The number of carbonyl (C=O) groups is 2. The van der Waals surface area contributed by atoms with Crippen LogP contribution in [0, 0.1) is 5.92 Å². The van der Waals surface area contributed by atoms with Crippen LogP contribution in [0.15, 0.2) is 36.0 Å². The van der Waals surface area contributed by atoms with Crippen molar-refractivity contribution in [3.63, 3.8) is 0 Å². The van der Waals surface area contributed by atoms with Crippen molar-refractivity contribution in [2.45, 2.75) is 64.2 Å². The number of allylic oxidation sites excluding steroid dienone is 1. The van der Waals surface area contributed by atoms with E-state index in [1.165, 1.54) is 18.4 Å². The Hall–Kier alpha value is -2.17. The molecule has 0 aromatic carbocycles. The minimum Gasteiger partial charge on any atom is -0.345 e. The summed E-state index contributed by atoms with van der Waals surface area (Å²) < 4.78 is 0. The van der Waals surface area contributed by atoms with Crippen LogP contribution >= 0.6 is 0 Å². The molecule has 0 radical (unpaired) electrons. The summed E-state index contributed by atoms with van der Waals surface area (Å²) in [6, 6.07) is 5.88. The van der Waals surface area contributed by atoms with Gasteiger partial charge in [0.25, 0.3) is 0 Å². The number of nitrogens with zero attached hydrogens (tertiary/aromatic N) is 3. The summed E-state index contributed by atoms with van der Waals surface area (Å²) in [5, 5.41) is 0. The number of aromatic nitrogens is 1. The molecule has 1 aliphatic carbocycles. The molecule has 1 aromatic rings. The molecule has 0 bridgehead atoms. The minimum atomic E-state index is 0.191. The lowest BCUT2D eigenvalue weighted by Gasteiger charge is -2.33. The van der Waals surface area contributed by atoms with Gasteiger partial charge in [-0.1, -0.05) is 17.7 Å². The topological polar surface area (TPSA) is 53.5 Å². The van der Waals surface area contributed by atoms with E-state index in [2.05, 4.69) is 11.1 Å². The van der Waals surface area contributed by atoms with E-state index >= 15 is 0 Å². The highest BCUT2D eigenvalue weighted by Crippen LogP contribution is 2.25. The zero-order valence-corrected chi connectivity index (χ0v) is 17.8. The third-order valence-electron chi connectivity index (χ3n) is 6.26. The molecule has 29 heavy (non-hydrogen) atoms. The average molecular weight is 398 g/mol. The Bertz CT molecular complexity index is 701. The molecule has 0 saturated carbocycles. The van der Waals surface area contributed by atoms with Gasteiger partial charge in [0.05, 0.1) is 0 Å². The summed E-state index contributed by atoms with van der Waals surface area (Å²) in [6.07, 6.45) is 13.7. The molecule has 0 N–H and O–H groups in total. The zero-order chi connectivity index (χ0) is 20.5. The molecule has 158 valence electrons. The van der Waals surface area contributed by atoms with E-state index in [0.29, 0.717) is 25.3 Å². The molecule has 5 heteroatoms. The number of carbonyl (C=O) groups excluding carboxylic acids is 2. The maximum absolute atomic E-state index is 12.7. The van der Waals surface area contributed by atoms with Crippen LogP contribution in [0.25, 0.3) is 0 Å². The first-order valence-electron chi connectivity index (χ1n) is 11.2. The summed E-state index contributed by atoms with van der Waals surface area (Å²) >= 11 is 0. The van der Waals surface area contributed by atoms with Gasteiger partial charge in [0.15, 0.2) is 0 Å². The number of hydrogen-bond donors (Lipinski definition) is 0. The maximum Gasteiger partial charge on any atom is 0.226 e. The fourth-order valence-electron chi connectivity index (χ4n) is 4.37. The molecule has 1 aliphatic heterocycles. The summed E-state index contributed by atoms with van der Waals surface area (Å²) in [6.45, 7) is 2.39. The quantitative estimate of drug-likeness (QED) is 0.623. The van der Waals surface area contributed by atoms with Crippen LogP contribution in [0.4, 0.5) is 0 Å². The van der Waals surface area contributed by atoms with Crippen LogP contribution in [0.2, 0.25) is 0 Å². The van der Waals surface area contributed by atoms with Gasteiger partial charge in [-0.2, -0.15) is 0 Å². The van der Waals surface area contributed by atoms with Crippen LogP contribution in [-0.2, 0) is 16.0 Å². The fourth-order valence-corrected chi connectivity index (χ4v) is 4.37. The molecular formula is C24H35N3O2. The van der Waals surface area contributed by atoms with Crippen molar-refractivity contribution in [1.82, 2.24) is 14.8 Å². The number of hydrogen-bond acceptors (Lipinski definition) is 3. The van der Waals surface area contributed by atoms with E-state index < -0.39 is 0 Å². The first-order chi connectivity index (χ1) is 14.1. The second kappa shape index (κ2) is 11.1. The SMILES string of the molecule is CN(CCc1ccccn1)C(=O)CCC1CCCN(C(=O)CC2=CCCCC2)C1. The molecule has 1 saturated heterocycles. The van der Waals surface area contributed by atoms with Gasteiger partial charge >= 0.3 is 0 Å². The first-order valence-corrected chi connectivity index (χ1v) is 11.2. The Balaban J connectivity index is 1.38. The monoisotopic (exact) mass is 397 g/mol. The van der Waals surface area contributed by atoms with E-state index in [-0.39, 0.29) is 11.8 Å². The Morgan fingerprint density at radius 3 is 2.90 bits per heavy atom. The van der Waals surface area contributed by atoms with Gasteiger partial charge in [0, 0.05) is 57.8 Å². The van der Waals surface area contributed by atoms with Crippen molar-refractivity contribution in [2.75, 3.05) is 26.7 Å². The molecule has 2 amide bonds. The van der Waals surface area contributed by atoms with E-state index in [9.17, 15) is 9.59 Å². The predicted octanol–water partition coefficient (Wildman–Crippen LogP) is 3.99. The van der Waals surface area contributed by atoms with Crippen molar-refractivity contribution < 1.29 is 9.59 Å². The van der Waals surface area contributed by atoms with Crippen molar-refractivity contribution in [1.29, 1.82) is 0 Å². The Labute approximate surface area is 175 Å². The van der Waals surface area contributed by atoms with Crippen molar-refractivity contribution in [3.8, 4) is 0 Å². The van der Waals surface area contributed by atoms with Crippen LogP contribution in [0.5, 0.6) is 0 Å². The number of rotatable bonds is 8. The number of pyridine rings is 1. The molecule has 1 aromatic heterocycles. The summed E-state index contributed by atoms with van der Waals surface area (Å²) in [5.74, 6) is 0.916. The molecular weight excluding hydrogens is 362 g/mol. The van der Waals surface area contributed by atoms with Gasteiger partial charge in [-0.05, 0) is 63.0 Å². The lowest BCUT2D eigenvalue weighted by atomic mass is 9.92. The number of likely N-dealkylation sites (N-methyl/N-ethyl adjacent to an activating group) is 1. The molecule has 3 rings (SSSR count). The van der Waals surface area contributed by atoms with Crippen molar-refractivity contribution in [2.24, 2.45) is 5.92 Å². The fraction of sp³-hybridized carbons (Fsp3) is 0.625. The highest BCUT2D eigenvalue weighted by molar-refractivity contribution is 5.79. The van der Waals surface area contributed by atoms with Gasteiger partial charge in [-0.25, -0.2) is 0 Å². The summed E-state index contributed by atoms with van der Waals surface area (Å²) in [5.41, 5.74) is 2.34. The Morgan fingerprint density at radius 1 is 1.24 bits per heavy atom. The highest BCUT2D eigenvalue weighted by atomic mass is 16.2. The smallest absolute Gasteiger partial charge is 0.226 e. The number of piperidine rings is 1. The highest BCUT2D eigenvalue weighted by Gasteiger charge is 2.25. The van der Waals surface area contributed by atoms with E-state index in [1.54, 1.807) is 6.20 Å². The van der Waals surface area contributed by atoms with E-state index in [1.807, 2.05) is 35.0 Å². The summed E-state index contributed by atoms with van der Waals surface area (Å²) in [7, 11) is 1.87. The van der Waals surface area contributed by atoms with Crippen LogP contribution in [0.1, 0.15) is 63.5 Å². The minimum absolute atomic E-state index is 0.191. The average Bonchev–Trinajstić information content (AvgIpc) is 2.77. The van der Waals surface area contributed by atoms with Crippen molar-refractivity contribution in [3.05, 3.63) is 41.7 Å². The normalized spacial score (nSPS) is 19.6. The Kier molecular flexibility index (Phi) is 8.26. The zero-order valence-electron chi connectivity index (χ0n) is 17.8. The third kappa shape index (κ3) is 6.98. The molecule has 1 fully saturated rings. The molecule has 1 unspecified atom stereocenters. The largest absolute Gasteiger partial charge is 0.345 e. The van der Waals surface area contributed by atoms with Crippen LogP contribution in [0.3, 0.4) is 0 Å². The standard InChI is InChI=1S/C24H35N3O2/c1-26(17-14-22-11-5-6-15-25-22)23(28)13-12-21-10-7-16-27(19-21)24(29)18-20-8-3-2-4-9-20/h5-6,8,11,15,21H,2-4,7,9-10,12-14,16-19H2,1H3. The van der Waals surface area contributed by atoms with Gasteiger partial charge in [0.2, 0.25) is 11.8 Å². The lowest BCUT2D eigenvalue weighted by Crippen LogP contribution is -2.40. The number of amides is 2. The first kappa shape index (κ1) is 21.5. The van der Waals surface area contributed by atoms with Gasteiger partial charge in [-0.15, -0.1) is 0 Å². The predicted molar refractivity (Wildman–Crippen MR) is 115 cm³/mol. The molecule has 2 heterocycles. The van der Waals surface area contributed by atoms with Gasteiger partial charge < -0.3 is 9.80 Å². The maximum atomic E-state index is 12.7. The molecule has 2 aliphatic rings. The summed E-state index contributed by atoms with van der Waals surface area (Å²) in [4.78, 5) is 33.4. The second-order valence-corrected chi connectivity index (χ2v) is 8.56. The van der Waals surface area contributed by atoms with E-state index in [0.717, 1.165) is 57.3 Å². The van der Waals surface area contributed by atoms with Crippen LogP contribution < -0.4 is 0 Å². The molecule has 1 atom stereocenters. The third-order valence-corrected chi connectivity index (χ3v) is 6.26. The molecule has 0 spiro atoms. The van der Waals surface area contributed by atoms with Gasteiger partial charge in [0.1, 0.15) is 0 Å². The molecule has 5 nitrogen and oxygen atoms in total. The van der Waals surface area contributed by atoms with Crippen LogP contribution in [-0.4, -0.2) is 53.3 Å². The van der Waals surface area contributed by atoms with Gasteiger partial charge in [-0.3, -0.25) is 14.6 Å². The van der Waals surface area contributed by atoms with E-state index in [4.69, 9.17) is 0 Å². The second-order valence-electron chi connectivity index (χ2n) is 8.56. The number of likely N-dealkylation sites (tertiary alicyclic amines) is 1. The Morgan fingerprint density at radius 2 is 2.14 bits per heavy atom.